The molecule has 0 heterocycles. The lowest BCUT2D eigenvalue weighted by Crippen LogP contribution is -2.42. The van der Waals surface area contributed by atoms with E-state index in [0.717, 1.165) is 5.69 Å². The van der Waals surface area contributed by atoms with Gasteiger partial charge in [-0.05, 0) is 77.9 Å². The molecule has 0 spiro atoms. The van der Waals surface area contributed by atoms with Crippen molar-refractivity contribution in [2.75, 3.05) is 22.2 Å². The van der Waals surface area contributed by atoms with Gasteiger partial charge in [-0.3, -0.25) is 9.59 Å². The van der Waals surface area contributed by atoms with Crippen molar-refractivity contribution < 1.29 is 19.1 Å². The number of esters is 1. The fourth-order valence-corrected chi connectivity index (χ4v) is 4.44. The summed E-state index contributed by atoms with van der Waals surface area (Å²) in [6, 6.07) is 21.0. The standard InChI is InChI=1S/C31H37N3O4/c1-20(2)32-26-17-11-8-14-23(26)29(35)33(21(3)4)27-18-12-9-15-24(27)30(36)34(22(5)6)28-19-13-10-16-25(28)31(37)38-7/h8-22,32H,1-7H3. The van der Waals surface area contributed by atoms with Crippen LogP contribution in [-0.4, -0.2) is 43.0 Å². The van der Waals surface area contributed by atoms with E-state index in [1.807, 2.05) is 65.8 Å². The second-order valence-corrected chi connectivity index (χ2v) is 9.91. The fraction of sp³-hybridized carbons (Fsp3) is 0.323. The minimum Gasteiger partial charge on any atom is -0.465 e. The molecule has 7 nitrogen and oxygen atoms in total. The summed E-state index contributed by atoms with van der Waals surface area (Å²) in [4.78, 5) is 44.0. The maximum Gasteiger partial charge on any atom is 0.339 e. The van der Waals surface area contributed by atoms with Crippen molar-refractivity contribution >= 4 is 34.8 Å². The van der Waals surface area contributed by atoms with Gasteiger partial charge in [0.25, 0.3) is 11.8 Å². The van der Waals surface area contributed by atoms with Crippen LogP contribution in [0.25, 0.3) is 0 Å². The van der Waals surface area contributed by atoms with Crippen LogP contribution in [0.4, 0.5) is 17.1 Å². The van der Waals surface area contributed by atoms with E-state index in [1.165, 1.54) is 7.11 Å². The molecule has 0 unspecified atom stereocenters. The largest absolute Gasteiger partial charge is 0.465 e. The van der Waals surface area contributed by atoms with Crippen LogP contribution >= 0.6 is 0 Å². The highest BCUT2D eigenvalue weighted by Gasteiger charge is 2.31. The molecular weight excluding hydrogens is 478 g/mol. The second kappa shape index (κ2) is 12.4. The Bertz CT molecular complexity index is 1300. The molecule has 0 saturated carbocycles. The number of amides is 2. The van der Waals surface area contributed by atoms with Crippen molar-refractivity contribution in [3.63, 3.8) is 0 Å². The number of carbonyl (C=O) groups excluding carboxylic acids is 3. The molecule has 3 rings (SSSR count). The van der Waals surface area contributed by atoms with Crippen LogP contribution in [0.1, 0.15) is 72.6 Å². The summed E-state index contributed by atoms with van der Waals surface area (Å²) in [6.45, 7) is 11.6. The summed E-state index contributed by atoms with van der Waals surface area (Å²) >= 11 is 0. The minimum atomic E-state index is -0.527. The summed E-state index contributed by atoms with van der Waals surface area (Å²) in [5.41, 5.74) is 2.85. The molecule has 0 aliphatic carbocycles. The highest BCUT2D eigenvalue weighted by atomic mass is 16.5. The molecule has 0 saturated heterocycles. The minimum absolute atomic E-state index is 0.139. The number of benzene rings is 3. The van der Waals surface area contributed by atoms with Gasteiger partial charge in [0.1, 0.15) is 0 Å². The fourth-order valence-electron chi connectivity index (χ4n) is 4.44. The molecular formula is C31H37N3O4. The number of methoxy groups -OCH3 is 1. The van der Waals surface area contributed by atoms with Crippen LogP contribution in [0.15, 0.2) is 72.8 Å². The molecule has 0 atom stereocenters. The monoisotopic (exact) mass is 515 g/mol. The van der Waals surface area contributed by atoms with Crippen molar-refractivity contribution in [1.82, 2.24) is 0 Å². The Hall–Kier alpha value is -4.13. The molecule has 1 N–H and O–H groups in total. The summed E-state index contributed by atoms with van der Waals surface area (Å²) < 4.78 is 4.97. The summed E-state index contributed by atoms with van der Waals surface area (Å²) in [7, 11) is 1.31. The van der Waals surface area contributed by atoms with Crippen LogP contribution < -0.4 is 15.1 Å². The molecule has 200 valence electrons. The number of nitrogens with one attached hydrogen (secondary N) is 1. The first-order chi connectivity index (χ1) is 18.1. The molecule has 0 fully saturated rings. The highest BCUT2D eigenvalue weighted by Crippen LogP contribution is 2.31. The van der Waals surface area contributed by atoms with Gasteiger partial charge in [-0.2, -0.15) is 0 Å². The SMILES string of the molecule is COC(=O)c1ccccc1N(C(=O)c1ccccc1N(C(=O)c1ccccc1NC(C)C)C(C)C)C(C)C. The van der Waals surface area contributed by atoms with Gasteiger partial charge >= 0.3 is 5.97 Å². The van der Waals surface area contributed by atoms with Crippen molar-refractivity contribution in [1.29, 1.82) is 0 Å². The van der Waals surface area contributed by atoms with E-state index >= 15 is 0 Å². The van der Waals surface area contributed by atoms with Crippen molar-refractivity contribution in [2.45, 2.75) is 59.7 Å². The lowest BCUT2D eigenvalue weighted by Gasteiger charge is -2.33. The predicted octanol–water partition coefficient (Wildman–Crippen LogP) is 6.40. The van der Waals surface area contributed by atoms with Gasteiger partial charge in [0.2, 0.25) is 0 Å². The molecule has 0 aliphatic rings. The lowest BCUT2D eigenvalue weighted by molar-refractivity contribution is 0.0601. The average molecular weight is 516 g/mol. The quantitative estimate of drug-likeness (QED) is 0.334. The Morgan fingerprint density at radius 3 is 1.55 bits per heavy atom. The van der Waals surface area contributed by atoms with Gasteiger partial charge < -0.3 is 19.9 Å². The average Bonchev–Trinajstić information content (AvgIpc) is 2.88. The maximum absolute atomic E-state index is 14.2. The number of hydrogen-bond donors (Lipinski definition) is 1. The first kappa shape index (κ1) is 28.4. The van der Waals surface area contributed by atoms with Gasteiger partial charge in [0.15, 0.2) is 0 Å². The summed E-state index contributed by atoms with van der Waals surface area (Å²) in [5.74, 6) is -1.06. The van der Waals surface area contributed by atoms with Crippen LogP contribution in [0, 0.1) is 0 Å². The van der Waals surface area contributed by atoms with E-state index < -0.39 is 5.97 Å². The number of anilines is 3. The first-order valence-electron chi connectivity index (χ1n) is 12.9. The summed E-state index contributed by atoms with van der Waals surface area (Å²) in [5, 5.41) is 3.35. The normalized spacial score (nSPS) is 11.0. The Morgan fingerprint density at radius 1 is 0.632 bits per heavy atom. The van der Waals surface area contributed by atoms with Gasteiger partial charge in [0, 0.05) is 23.8 Å². The third-order valence-corrected chi connectivity index (χ3v) is 6.03. The van der Waals surface area contributed by atoms with Crippen LogP contribution in [0.2, 0.25) is 0 Å². The van der Waals surface area contributed by atoms with E-state index in [-0.39, 0.29) is 29.9 Å². The van der Waals surface area contributed by atoms with E-state index in [2.05, 4.69) is 5.32 Å². The maximum atomic E-state index is 14.2. The molecule has 0 radical (unpaired) electrons. The Balaban J connectivity index is 2.14. The van der Waals surface area contributed by atoms with Crippen molar-refractivity contribution in [3.8, 4) is 0 Å². The van der Waals surface area contributed by atoms with E-state index in [4.69, 9.17) is 4.74 Å². The van der Waals surface area contributed by atoms with E-state index in [1.54, 1.807) is 58.3 Å². The second-order valence-electron chi connectivity index (χ2n) is 9.91. The van der Waals surface area contributed by atoms with Gasteiger partial charge in [-0.25, -0.2) is 4.79 Å². The number of carbonyl (C=O) groups is 3. The van der Waals surface area contributed by atoms with Crippen LogP contribution in [0.5, 0.6) is 0 Å². The summed E-state index contributed by atoms with van der Waals surface area (Å²) in [6.07, 6.45) is 0. The zero-order valence-corrected chi connectivity index (χ0v) is 23.2. The smallest absolute Gasteiger partial charge is 0.339 e. The Labute approximate surface area is 225 Å². The number of para-hydroxylation sites is 3. The molecule has 2 amide bonds. The topological polar surface area (TPSA) is 79.0 Å². The van der Waals surface area contributed by atoms with E-state index in [0.29, 0.717) is 28.1 Å². The number of ether oxygens (including phenoxy) is 1. The highest BCUT2D eigenvalue weighted by molar-refractivity contribution is 6.17. The molecule has 7 heteroatoms. The molecule has 0 bridgehead atoms. The van der Waals surface area contributed by atoms with E-state index in [9.17, 15) is 14.4 Å². The van der Waals surface area contributed by atoms with Crippen LogP contribution in [0.3, 0.4) is 0 Å². The number of hydrogen-bond acceptors (Lipinski definition) is 5. The molecule has 3 aromatic carbocycles. The van der Waals surface area contributed by atoms with Crippen LogP contribution in [-0.2, 0) is 4.74 Å². The third-order valence-electron chi connectivity index (χ3n) is 6.03. The zero-order chi connectivity index (χ0) is 28.0. The Morgan fingerprint density at radius 2 is 1.05 bits per heavy atom. The molecule has 0 aromatic heterocycles. The third kappa shape index (κ3) is 6.05. The number of rotatable bonds is 9. The molecule has 38 heavy (non-hydrogen) atoms. The van der Waals surface area contributed by atoms with Crippen molar-refractivity contribution in [2.24, 2.45) is 0 Å². The molecule has 3 aromatic rings. The number of nitrogens with zero attached hydrogens (tertiary/aromatic N) is 2. The zero-order valence-electron chi connectivity index (χ0n) is 23.2. The predicted molar refractivity (Wildman–Crippen MR) is 153 cm³/mol. The van der Waals surface area contributed by atoms with Crippen molar-refractivity contribution in [3.05, 3.63) is 89.5 Å². The van der Waals surface area contributed by atoms with Gasteiger partial charge in [-0.1, -0.05) is 36.4 Å². The Kier molecular flexibility index (Phi) is 9.29. The van der Waals surface area contributed by atoms with Gasteiger partial charge in [-0.15, -0.1) is 0 Å². The first-order valence-corrected chi connectivity index (χ1v) is 12.9. The lowest BCUT2D eigenvalue weighted by atomic mass is 10.0. The van der Waals surface area contributed by atoms with Gasteiger partial charge in [0.05, 0.1) is 35.2 Å². The molecule has 0 aliphatic heterocycles.